The fraction of sp³-hybridized carbons (Fsp3) is 0.200. The van der Waals surface area contributed by atoms with E-state index in [4.69, 9.17) is 0 Å². The number of pyridine rings is 1. The highest BCUT2D eigenvalue weighted by atomic mass is 19.1. The summed E-state index contributed by atoms with van der Waals surface area (Å²) in [6.07, 6.45) is 1.91. The highest BCUT2D eigenvalue weighted by Gasteiger charge is 2.33. The number of rotatable bonds is 3. The Morgan fingerprint density at radius 3 is 2.61 bits per heavy atom. The number of imide groups is 1. The van der Waals surface area contributed by atoms with Crippen LogP contribution >= 0.6 is 0 Å². The van der Waals surface area contributed by atoms with E-state index in [1.807, 2.05) is 31.2 Å². The van der Waals surface area contributed by atoms with Gasteiger partial charge in [0.1, 0.15) is 5.82 Å². The minimum Gasteiger partial charge on any atom is -0.279 e. The molecule has 0 radical (unpaired) electrons. The van der Waals surface area contributed by atoms with Gasteiger partial charge in [-0.3, -0.25) is 24.5 Å². The smallest absolute Gasteiger partial charge is 0.261 e. The Morgan fingerprint density at radius 2 is 1.84 bits per heavy atom. The van der Waals surface area contributed by atoms with Gasteiger partial charge in [-0.05, 0) is 60.4 Å². The van der Waals surface area contributed by atoms with Crippen LogP contribution < -0.4 is 0 Å². The fourth-order valence-electron chi connectivity index (χ4n) is 4.25. The summed E-state index contributed by atoms with van der Waals surface area (Å²) in [4.78, 5) is 36.2. The molecule has 5 rings (SSSR count). The van der Waals surface area contributed by atoms with E-state index in [0.717, 1.165) is 39.2 Å². The maximum Gasteiger partial charge on any atom is 0.261 e. The van der Waals surface area contributed by atoms with Crippen molar-refractivity contribution in [3.63, 3.8) is 0 Å². The minimum atomic E-state index is -0.326. The number of fused-ring (bicyclic) bond motifs is 2. The van der Waals surface area contributed by atoms with Crippen molar-refractivity contribution in [1.29, 1.82) is 0 Å². The lowest BCUT2D eigenvalue weighted by molar-refractivity contribution is -0.128. The standard InChI is InChI=1S/C25H20FN3O2/c1-14-7-16(3-4-22(14)26)13-29-23(30)10-18-9-19-12-28-24(17-5-6-27-15(2)8-17)20(19)11-21(18)25(29)31/h3-9,11H,10,12-13H2,1-2H3. The highest BCUT2D eigenvalue weighted by molar-refractivity contribution is 6.17. The van der Waals surface area contributed by atoms with Crippen LogP contribution in [0.15, 0.2) is 53.7 Å². The Balaban J connectivity index is 1.50. The maximum atomic E-state index is 13.6. The molecule has 2 aliphatic rings. The molecule has 0 saturated heterocycles. The monoisotopic (exact) mass is 413 g/mol. The van der Waals surface area contributed by atoms with E-state index < -0.39 is 0 Å². The van der Waals surface area contributed by atoms with Gasteiger partial charge in [-0.2, -0.15) is 0 Å². The zero-order valence-electron chi connectivity index (χ0n) is 17.3. The van der Waals surface area contributed by atoms with E-state index >= 15 is 0 Å². The Labute approximate surface area is 179 Å². The molecule has 0 aliphatic carbocycles. The molecule has 0 fully saturated rings. The Bertz CT molecular complexity index is 1300. The van der Waals surface area contributed by atoms with Crippen molar-refractivity contribution < 1.29 is 14.0 Å². The number of aryl methyl sites for hydroxylation is 2. The SMILES string of the molecule is Cc1cc(C2=NCc3cc4c(cc32)C(=O)N(Cc2ccc(F)c(C)c2)C(=O)C4)ccn1. The molecule has 0 spiro atoms. The highest BCUT2D eigenvalue weighted by Crippen LogP contribution is 2.30. The second kappa shape index (κ2) is 7.23. The zero-order valence-corrected chi connectivity index (χ0v) is 17.3. The van der Waals surface area contributed by atoms with E-state index in [0.29, 0.717) is 17.7 Å². The van der Waals surface area contributed by atoms with E-state index in [-0.39, 0.29) is 30.6 Å². The van der Waals surface area contributed by atoms with E-state index in [2.05, 4.69) is 9.98 Å². The van der Waals surface area contributed by atoms with E-state index in [1.54, 1.807) is 25.3 Å². The van der Waals surface area contributed by atoms with Crippen molar-refractivity contribution in [3.05, 3.63) is 99.1 Å². The van der Waals surface area contributed by atoms with Crippen LogP contribution in [-0.2, 0) is 24.3 Å². The maximum absolute atomic E-state index is 13.6. The molecule has 31 heavy (non-hydrogen) atoms. The van der Waals surface area contributed by atoms with Crippen molar-refractivity contribution in [2.24, 2.45) is 4.99 Å². The predicted octanol–water partition coefficient (Wildman–Crippen LogP) is 3.91. The number of aliphatic imine (C=N–C) groups is 1. The third-order valence-electron chi connectivity index (χ3n) is 5.84. The van der Waals surface area contributed by atoms with Crippen molar-refractivity contribution in [3.8, 4) is 0 Å². The van der Waals surface area contributed by atoms with Gasteiger partial charge in [0.05, 0.1) is 25.2 Å². The summed E-state index contributed by atoms with van der Waals surface area (Å²) >= 11 is 0. The number of hydrogen-bond acceptors (Lipinski definition) is 4. The molecule has 3 aromatic rings. The number of benzene rings is 2. The average molecular weight is 413 g/mol. The summed E-state index contributed by atoms with van der Waals surface area (Å²) in [6.45, 7) is 4.25. The lowest BCUT2D eigenvalue weighted by Gasteiger charge is -2.27. The first-order valence-electron chi connectivity index (χ1n) is 10.1. The predicted molar refractivity (Wildman–Crippen MR) is 114 cm³/mol. The number of hydrogen-bond donors (Lipinski definition) is 0. The lowest BCUT2D eigenvalue weighted by atomic mass is 9.90. The molecule has 154 valence electrons. The summed E-state index contributed by atoms with van der Waals surface area (Å²) in [5.74, 6) is -0.879. The summed E-state index contributed by atoms with van der Waals surface area (Å²) in [6, 6.07) is 12.3. The first-order chi connectivity index (χ1) is 14.9. The molecule has 1 aromatic heterocycles. The molecule has 2 amide bonds. The number of halogens is 1. The summed E-state index contributed by atoms with van der Waals surface area (Å²) < 4.78 is 13.6. The van der Waals surface area contributed by atoms with Crippen LogP contribution in [0.3, 0.4) is 0 Å². The fourth-order valence-corrected chi connectivity index (χ4v) is 4.25. The number of carbonyl (C=O) groups excluding carboxylic acids is 2. The molecule has 0 saturated carbocycles. The van der Waals surface area contributed by atoms with Crippen LogP contribution in [0.2, 0.25) is 0 Å². The molecule has 0 N–H and O–H groups in total. The quantitative estimate of drug-likeness (QED) is 0.612. The Hall–Kier alpha value is -3.67. The van der Waals surface area contributed by atoms with Gasteiger partial charge in [-0.25, -0.2) is 4.39 Å². The Morgan fingerprint density at radius 1 is 1.00 bits per heavy atom. The normalized spacial score (nSPS) is 15.1. The Kier molecular flexibility index (Phi) is 4.50. The average Bonchev–Trinajstić information content (AvgIpc) is 3.15. The van der Waals surface area contributed by atoms with Crippen LogP contribution in [0.25, 0.3) is 0 Å². The first kappa shape index (κ1) is 19.3. The molecule has 5 nitrogen and oxygen atoms in total. The lowest BCUT2D eigenvalue weighted by Crippen LogP contribution is -2.42. The van der Waals surface area contributed by atoms with Gasteiger partial charge in [0.2, 0.25) is 5.91 Å². The molecule has 6 heteroatoms. The van der Waals surface area contributed by atoms with Gasteiger partial charge >= 0.3 is 0 Å². The van der Waals surface area contributed by atoms with Crippen molar-refractivity contribution in [1.82, 2.24) is 9.88 Å². The van der Waals surface area contributed by atoms with Crippen LogP contribution in [0.4, 0.5) is 4.39 Å². The third-order valence-corrected chi connectivity index (χ3v) is 5.84. The van der Waals surface area contributed by atoms with Gasteiger partial charge in [0.25, 0.3) is 5.91 Å². The second-order valence-electron chi connectivity index (χ2n) is 8.06. The van der Waals surface area contributed by atoms with Gasteiger partial charge in [0.15, 0.2) is 0 Å². The summed E-state index contributed by atoms with van der Waals surface area (Å²) in [5.41, 5.74) is 7.11. The number of aromatic nitrogens is 1. The molecule has 2 aromatic carbocycles. The van der Waals surface area contributed by atoms with E-state index in [1.165, 1.54) is 11.0 Å². The third kappa shape index (κ3) is 3.34. The summed E-state index contributed by atoms with van der Waals surface area (Å²) in [5, 5.41) is 0. The van der Waals surface area contributed by atoms with Crippen molar-refractivity contribution in [2.75, 3.05) is 0 Å². The van der Waals surface area contributed by atoms with Gasteiger partial charge in [-0.15, -0.1) is 0 Å². The molecule has 0 unspecified atom stereocenters. The van der Waals surface area contributed by atoms with Gasteiger partial charge in [-0.1, -0.05) is 18.2 Å². The number of carbonyl (C=O) groups is 2. The molecule has 3 heterocycles. The molecule has 0 bridgehead atoms. The van der Waals surface area contributed by atoms with Crippen LogP contribution in [0.1, 0.15) is 49.4 Å². The van der Waals surface area contributed by atoms with Gasteiger partial charge < -0.3 is 0 Å². The first-order valence-corrected chi connectivity index (χ1v) is 10.1. The molecule has 2 aliphatic heterocycles. The second-order valence-corrected chi connectivity index (χ2v) is 8.06. The topological polar surface area (TPSA) is 62.6 Å². The zero-order chi connectivity index (χ0) is 21.7. The number of nitrogens with zero attached hydrogens (tertiary/aromatic N) is 3. The number of amides is 2. The van der Waals surface area contributed by atoms with Crippen molar-refractivity contribution >= 4 is 17.5 Å². The molecule has 0 atom stereocenters. The van der Waals surface area contributed by atoms with Gasteiger partial charge in [0, 0.05) is 28.6 Å². The van der Waals surface area contributed by atoms with Crippen LogP contribution in [0, 0.1) is 19.7 Å². The van der Waals surface area contributed by atoms with Crippen molar-refractivity contribution in [2.45, 2.75) is 33.4 Å². The minimum absolute atomic E-state index is 0.125. The molecular formula is C25H20FN3O2. The summed E-state index contributed by atoms with van der Waals surface area (Å²) in [7, 11) is 0. The van der Waals surface area contributed by atoms with Crippen LogP contribution in [-0.4, -0.2) is 27.4 Å². The molecular weight excluding hydrogens is 393 g/mol. The van der Waals surface area contributed by atoms with Crippen LogP contribution in [0.5, 0.6) is 0 Å². The van der Waals surface area contributed by atoms with E-state index in [9.17, 15) is 14.0 Å². The largest absolute Gasteiger partial charge is 0.279 e.